The molecule has 0 aliphatic carbocycles. The second-order valence-corrected chi connectivity index (χ2v) is 7.01. The molecule has 2 unspecified atom stereocenters. The fourth-order valence-electron chi connectivity index (χ4n) is 3.01. The number of hydrazone groups is 1. The molecule has 0 spiro atoms. The highest BCUT2D eigenvalue weighted by Crippen LogP contribution is 2.32. The Morgan fingerprint density at radius 1 is 1.36 bits per heavy atom. The van der Waals surface area contributed by atoms with E-state index in [0.29, 0.717) is 11.0 Å². The number of rotatable bonds is 5. The lowest BCUT2D eigenvalue weighted by atomic mass is 9.88. The highest BCUT2D eigenvalue weighted by atomic mass is 79.9. The molecule has 2 aromatic rings. The Balaban J connectivity index is 1.76. The minimum atomic E-state index is -0.954. The van der Waals surface area contributed by atoms with E-state index in [4.69, 9.17) is 0 Å². The predicted molar refractivity (Wildman–Crippen MR) is 104 cm³/mol. The van der Waals surface area contributed by atoms with E-state index in [1.54, 1.807) is 0 Å². The fraction of sp³-hybridized carbons (Fsp3) is 0.167. The molecular weight excluding hydrogens is 432 g/mol. The lowest BCUT2D eigenvalue weighted by Gasteiger charge is -2.15. The number of aromatic hydroxyl groups is 1. The summed E-state index contributed by atoms with van der Waals surface area (Å²) in [6, 6.07) is 11.7. The molecular formula is C18H15BrN4O5. The lowest BCUT2D eigenvalue weighted by Crippen LogP contribution is -2.34. The molecule has 9 nitrogen and oxygen atoms in total. The van der Waals surface area contributed by atoms with Crippen LogP contribution in [0.5, 0.6) is 5.75 Å². The number of nitrogens with one attached hydrogen (secondary N) is 2. The number of halogens is 1. The molecule has 1 aliphatic heterocycles. The highest BCUT2D eigenvalue weighted by Gasteiger charge is 2.40. The van der Waals surface area contributed by atoms with E-state index < -0.39 is 34.1 Å². The second-order valence-electron chi connectivity index (χ2n) is 6.09. The Morgan fingerprint density at radius 3 is 2.75 bits per heavy atom. The van der Waals surface area contributed by atoms with E-state index >= 15 is 0 Å². The van der Waals surface area contributed by atoms with Gasteiger partial charge in [-0.1, -0.05) is 46.3 Å². The summed E-state index contributed by atoms with van der Waals surface area (Å²) in [5, 5.41) is 27.3. The van der Waals surface area contributed by atoms with Gasteiger partial charge in [-0.05, 0) is 11.6 Å². The number of nitrogens with zero attached hydrogens (tertiary/aromatic N) is 2. The molecule has 0 bridgehead atoms. The summed E-state index contributed by atoms with van der Waals surface area (Å²) in [6.45, 7) is 0.337. The number of hydrogen-bond acceptors (Lipinski definition) is 6. The minimum absolute atomic E-state index is 0.0388. The summed E-state index contributed by atoms with van der Waals surface area (Å²) in [7, 11) is 0. The SMILES string of the molecule is O=C1NCC(c2ccccc2)C1C(=O)N/N=C\c1cc(Br)cc([N+](=O)[O-])c1O. The third kappa shape index (κ3) is 4.01. The van der Waals surface area contributed by atoms with Crippen molar-refractivity contribution in [3.05, 3.63) is 68.2 Å². The first kappa shape index (κ1) is 19.5. The van der Waals surface area contributed by atoms with Crippen LogP contribution in [0.1, 0.15) is 17.0 Å². The standard InChI is InChI=1S/C18H15BrN4O5/c19-12-6-11(16(24)14(7-12)23(27)28)8-21-22-18(26)15-13(9-20-17(15)25)10-4-2-1-3-5-10/h1-8,13,15,24H,9H2,(H,20,25)(H,22,26)/b21-8-. The Morgan fingerprint density at radius 2 is 2.07 bits per heavy atom. The zero-order valence-electron chi connectivity index (χ0n) is 14.3. The number of hydrogen-bond donors (Lipinski definition) is 3. The third-order valence-corrected chi connectivity index (χ3v) is 4.81. The van der Waals surface area contributed by atoms with Crippen LogP contribution >= 0.6 is 15.9 Å². The van der Waals surface area contributed by atoms with Crippen LogP contribution < -0.4 is 10.7 Å². The molecule has 144 valence electrons. The fourth-order valence-corrected chi connectivity index (χ4v) is 3.47. The zero-order chi connectivity index (χ0) is 20.3. The minimum Gasteiger partial charge on any atom is -0.502 e. The maximum Gasteiger partial charge on any atom is 0.312 e. The number of amides is 2. The number of nitro groups is 1. The first-order valence-electron chi connectivity index (χ1n) is 8.21. The average Bonchev–Trinajstić information content (AvgIpc) is 3.06. The molecule has 0 aromatic heterocycles. The number of carbonyl (C=O) groups excluding carboxylic acids is 2. The molecule has 1 aliphatic rings. The van der Waals surface area contributed by atoms with Gasteiger partial charge in [-0.25, -0.2) is 5.43 Å². The molecule has 3 rings (SSSR count). The van der Waals surface area contributed by atoms with Crippen molar-refractivity contribution in [3.63, 3.8) is 0 Å². The van der Waals surface area contributed by atoms with Gasteiger partial charge in [-0.2, -0.15) is 5.10 Å². The van der Waals surface area contributed by atoms with Crippen molar-refractivity contribution in [1.29, 1.82) is 0 Å². The summed E-state index contributed by atoms with van der Waals surface area (Å²) in [5.74, 6) is -2.87. The van der Waals surface area contributed by atoms with Crippen molar-refractivity contribution >= 4 is 39.6 Å². The Bertz CT molecular complexity index is 964. The van der Waals surface area contributed by atoms with Gasteiger partial charge in [-0.3, -0.25) is 19.7 Å². The van der Waals surface area contributed by atoms with Gasteiger partial charge in [0.25, 0.3) is 5.91 Å². The summed E-state index contributed by atoms with van der Waals surface area (Å²) in [6.07, 6.45) is 1.08. The van der Waals surface area contributed by atoms with Crippen LogP contribution in [-0.4, -0.2) is 34.6 Å². The van der Waals surface area contributed by atoms with Gasteiger partial charge < -0.3 is 10.4 Å². The van der Waals surface area contributed by atoms with E-state index in [-0.39, 0.29) is 11.5 Å². The first-order valence-corrected chi connectivity index (χ1v) is 9.00. The normalized spacial score (nSPS) is 18.8. The van der Waals surface area contributed by atoms with Gasteiger partial charge in [-0.15, -0.1) is 0 Å². The summed E-state index contributed by atoms with van der Waals surface area (Å²) in [4.78, 5) is 34.8. The lowest BCUT2D eigenvalue weighted by molar-refractivity contribution is -0.385. The maximum atomic E-state index is 12.5. The van der Waals surface area contributed by atoms with Gasteiger partial charge in [0.2, 0.25) is 11.7 Å². The number of nitro benzene ring substituents is 1. The zero-order valence-corrected chi connectivity index (χ0v) is 15.9. The molecule has 0 radical (unpaired) electrons. The summed E-state index contributed by atoms with van der Waals surface area (Å²) in [5.41, 5.74) is 2.66. The van der Waals surface area contributed by atoms with Gasteiger partial charge >= 0.3 is 5.69 Å². The van der Waals surface area contributed by atoms with Gasteiger partial charge in [0.1, 0.15) is 5.92 Å². The largest absolute Gasteiger partial charge is 0.502 e. The summed E-state index contributed by atoms with van der Waals surface area (Å²) < 4.78 is 0.365. The van der Waals surface area contributed by atoms with Gasteiger partial charge in [0.15, 0.2) is 0 Å². The third-order valence-electron chi connectivity index (χ3n) is 4.35. The number of benzene rings is 2. The number of phenolic OH excluding ortho intramolecular Hbond substituents is 1. The molecule has 2 amide bonds. The van der Waals surface area contributed by atoms with Crippen LogP contribution in [0.25, 0.3) is 0 Å². The molecule has 0 saturated carbocycles. The van der Waals surface area contributed by atoms with E-state index in [9.17, 15) is 24.8 Å². The smallest absolute Gasteiger partial charge is 0.312 e. The monoisotopic (exact) mass is 446 g/mol. The molecule has 2 atom stereocenters. The van der Waals surface area contributed by atoms with Crippen LogP contribution in [-0.2, 0) is 9.59 Å². The first-order chi connectivity index (χ1) is 13.4. The predicted octanol–water partition coefficient (Wildman–Crippen LogP) is 2.04. The molecule has 10 heteroatoms. The number of carbonyl (C=O) groups is 2. The van der Waals surface area contributed by atoms with Crippen LogP contribution in [0.2, 0.25) is 0 Å². The van der Waals surface area contributed by atoms with Crippen molar-refractivity contribution in [2.75, 3.05) is 6.54 Å². The Hall–Kier alpha value is -3.27. The molecule has 3 N–H and O–H groups in total. The van der Waals surface area contributed by atoms with Crippen LogP contribution in [0.15, 0.2) is 52.0 Å². The quantitative estimate of drug-likeness (QED) is 0.279. The number of phenols is 1. The van der Waals surface area contributed by atoms with E-state index in [1.807, 2.05) is 30.3 Å². The second kappa shape index (κ2) is 8.17. The van der Waals surface area contributed by atoms with E-state index in [1.165, 1.54) is 6.07 Å². The van der Waals surface area contributed by atoms with Crippen LogP contribution in [0.3, 0.4) is 0 Å². The van der Waals surface area contributed by atoms with Crippen LogP contribution in [0, 0.1) is 16.0 Å². The van der Waals surface area contributed by atoms with E-state index in [0.717, 1.165) is 17.8 Å². The van der Waals surface area contributed by atoms with Gasteiger partial charge in [0, 0.05) is 28.6 Å². The van der Waals surface area contributed by atoms with Gasteiger partial charge in [0.05, 0.1) is 11.1 Å². The molecule has 1 saturated heterocycles. The van der Waals surface area contributed by atoms with Crippen molar-refractivity contribution < 1.29 is 19.6 Å². The topological polar surface area (TPSA) is 134 Å². The van der Waals surface area contributed by atoms with Crippen molar-refractivity contribution in [3.8, 4) is 5.75 Å². The van der Waals surface area contributed by atoms with Crippen molar-refractivity contribution in [2.24, 2.45) is 11.0 Å². The Labute approximate surface area is 167 Å². The van der Waals surface area contributed by atoms with Crippen molar-refractivity contribution in [2.45, 2.75) is 5.92 Å². The molecule has 1 fully saturated rings. The molecule has 2 aromatic carbocycles. The van der Waals surface area contributed by atoms with E-state index in [2.05, 4.69) is 31.8 Å². The molecule has 1 heterocycles. The van der Waals surface area contributed by atoms with Crippen molar-refractivity contribution in [1.82, 2.24) is 10.7 Å². The van der Waals surface area contributed by atoms with Crippen LogP contribution in [0.4, 0.5) is 5.69 Å². The maximum absolute atomic E-state index is 12.5. The molecule has 28 heavy (non-hydrogen) atoms. The average molecular weight is 447 g/mol. The Kier molecular flexibility index (Phi) is 5.69. The summed E-state index contributed by atoms with van der Waals surface area (Å²) >= 11 is 3.11. The highest BCUT2D eigenvalue weighted by molar-refractivity contribution is 9.10.